The van der Waals surface area contributed by atoms with Gasteiger partial charge in [-0.25, -0.2) is 4.98 Å². The molecule has 6 rings (SSSR count). The van der Waals surface area contributed by atoms with Crippen molar-refractivity contribution in [3.63, 3.8) is 0 Å². The molecule has 2 aromatic carbocycles. The van der Waals surface area contributed by atoms with Gasteiger partial charge in [-0.05, 0) is 54.2 Å². The Bertz CT molecular complexity index is 1580. The fourth-order valence-electron chi connectivity index (χ4n) is 4.78. The van der Waals surface area contributed by atoms with Crippen molar-refractivity contribution in [3.8, 4) is 17.0 Å². The Morgan fingerprint density at radius 3 is 2.60 bits per heavy atom. The predicted molar refractivity (Wildman–Crippen MR) is 135 cm³/mol. The van der Waals surface area contributed by atoms with Crippen molar-refractivity contribution < 1.29 is 26.2 Å². The summed E-state index contributed by atoms with van der Waals surface area (Å²) in [6.07, 6.45) is 3.68. The molecule has 35 heavy (non-hydrogen) atoms. The topological polar surface area (TPSA) is 62.1 Å². The molecule has 0 fully saturated rings. The van der Waals surface area contributed by atoms with Crippen LogP contribution < -0.4 is 4.90 Å². The van der Waals surface area contributed by atoms with E-state index in [2.05, 4.69) is 49.9 Å². The Hall–Kier alpha value is -3.56. The standard InChI is InChI=1S/C29H23N4O.Pt/c1-18-13-15-30-26(16-18)33-23-7-5-14-31-28(23)29(2,3)21-11-9-20(17-24(21)33)22-12-10-19-6-4-8-25(34)27(19)32-22;/h4-16,34H,1-3H3;/q-1;. The van der Waals surface area contributed by atoms with E-state index in [-0.39, 0.29) is 32.2 Å². The van der Waals surface area contributed by atoms with Crippen molar-refractivity contribution in [1.29, 1.82) is 0 Å². The molecule has 0 aliphatic carbocycles. The summed E-state index contributed by atoms with van der Waals surface area (Å²) in [4.78, 5) is 16.4. The van der Waals surface area contributed by atoms with Crippen LogP contribution in [0.4, 0.5) is 17.2 Å². The Balaban J connectivity index is 0.00000253. The summed E-state index contributed by atoms with van der Waals surface area (Å²) >= 11 is 0. The monoisotopic (exact) mass is 638 g/mol. The number of nitrogens with zero attached hydrogens (tertiary/aromatic N) is 4. The van der Waals surface area contributed by atoms with Gasteiger partial charge in [-0.1, -0.05) is 43.7 Å². The van der Waals surface area contributed by atoms with Gasteiger partial charge in [0.2, 0.25) is 0 Å². The van der Waals surface area contributed by atoms with Crippen LogP contribution in [-0.4, -0.2) is 20.1 Å². The van der Waals surface area contributed by atoms with E-state index in [0.717, 1.165) is 50.7 Å². The molecular weight excluding hydrogens is 615 g/mol. The minimum Gasteiger partial charge on any atom is -0.506 e. The number of anilines is 3. The smallest absolute Gasteiger partial charge is 0.140 e. The first kappa shape index (κ1) is 23.2. The summed E-state index contributed by atoms with van der Waals surface area (Å²) < 4.78 is 0. The van der Waals surface area contributed by atoms with Gasteiger partial charge in [0.1, 0.15) is 17.1 Å². The largest absolute Gasteiger partial charge is 0.506 e. The summed E-state index contributed by atoms with van der Waals surface area (Å²) in [7, 11) is 0. The van der Waals surface area contributed by atoms with Crippen LogP contribution in [0, 0.1) is 13.0 Å². The van der Waals surface area contributed by atoms with E-state index in [1.807, 2.05) is 54.9 Å². The van der Waals surface area contributed by atoms with Crippen molar-refractivity contribution in [2.45, 2.75) is 26.2 Å². The quantitative estimate of drug-likeness (QED) is 0.221. The molecule has 176 valence electrons. The van der Waals surface area contributed by atoms with E-state index in [9.17, 15) is 5.11 Å². The molecule has 0 saturated heterocycles. The van der Waals surface area contributed by atoms with Gasteiger partial charge < -0.3 is 10.0 Å². The van der Waals surface area contributed by atoms with Gasteiger partial charge in [0.25, 0.3) is 0 Å². The second-order valence-electron chi connectivity index (χ2n) is 9.20. The number of hydrogen-bond acceptors (Lipinski definition) is 5. The number of phenols is 1. The third-order valence-corrected chi connectivity index (χ3v) is 6.55. The number of hydrogen-bond donors (Lipinski definition) is 1. The number of phenolic OH excluding ortho intramolecular Hbond substituents is 1. The van der Waals surface area contributed by atoms with E-state index >= 15 is 0 Å². The van der Waals surface area contributed by atoms with E-state index < -0.39 is 0 Å². The molecule has 0 unspecified atom stereocenters. The molecule has 1 N–H and O–H groups in total. The number of fused-ring (bicyclic) bond motifs is 3. The van der Waals surface area contributed by atoms with Crippen LogP contribution >= 0.6 is 0 Å². The maximum absolute atomic E-state index is 10.3. The molecule has 6 heteroatoms. The molecule has 0 bridgehead atoms. The summed E-state index contributed by atoms with van der Waals surface area (Å²) in [5.41, 5.74) is 7.05. The third-order valence-electron chi connectivity index (χ3n) is 6.55. The number of para-hydroxylation sites is 1. The molecule has 1 aliphatic rings. The van der Waals surface area contributed by atoms with E-state index in [1.54, 1.807) is 6.07 Å². The molecule has 1 aliphatic heterocycles. The van der Waals surface area contributed by atoms with Crippen molar-refractivity contribution in [2.75, 3.05) is 4.90 Å². The Morgan fingerprint density at radius 1 is 0.914 bits per heavy atom. The Labute approximate surface area is 218 Å². The second kappa shape index (κ2) is 8.58. The normalized spacial score (nSPS) is 13.6. The molecule has 0 radical (unpaired) electrons. The van der Waals surface area contributed by atoms with Crippen molar-refractivity contribution in [1.82, 2.24) is 15.0 Å². The van der Waals surface area contributed by atoms with Gasteiger partial charge in [-0.15, -0.1) is 23.8 Å². The number of aryl methyl sites for hydroxylation is 1. The maximum atomic E-state index is 10.3. The van der Waals surface area contributed by atoms with E-state index in [4.69, 9.17) is 15.0 Å². The maximum Gasteiger partial charge on any atom is 0.140 e. The van der Waals surface area contributed by atoms with Gasteiger partial charge in [0.05, 0.1) is 11.4 Å². The fourth-order valence-corrected chi connectivity index (χ4v) is 4.78. The van der Waals surface area contributed by atoms with Crippen LogP contribution in [0.25, 0.3) is 22.2 Å². The molecule has 0 atom stereocenters. The van der Waals surface area contributed by atoms with Crippen molar-refractivity contribution >= 4 is 28.1 Å². The second-order valence-corrected chi connectivity index (χ2v) is 9.20. The minimum atomic E-state index is -0.309. The van der Waals surface area contributed by atoms with Crippen LogP contribution in [0.3, 0.4) is 0 Å². The summed E-state index contributed by atoms with van der Waals surface area (Å²) in [6, 6.07) is 25.3. The number of aromatic nitrogens is 3. The fraction of sp³-hybridized carbons (Fsp3) is 0.138. The number of benzene rings is 2. The van der Waals surface area contributed by atoms with Gasteiger partial charge >= 0.3 is 0 Å². The zero-order chi connectivity index (χ0) is 23.4. The molecule has 4 heterocycles. The molecule has 5 aromatic rings. The zero-order valence-electron chi connectivity index (χ0n) is 19.6. The molecule has 0 amide bonds. The Kier molecular flexibility index (Phi) is 5.69. The molecule has 0 spiro atoms. The predicted octanol–water partition coefficient (Wildman–Crippen LogP) is 6.61. The van der Waals surface area contributed by atoms with Gasteiger partial charge in [0.15, 0.2) is 0 Å². The van der Waals surface area contributed by atoms with Crippen LogP contribution in [0.2, 0.25) is 0 Å². The van der Waals surface area contributed by atoms with Crippen molar-refractivity contribution in [3.05, 3.63) is 102 Å². The molecular formula is C29H23N4OPt-. The average molecular weight is 639 g/mol. The van der Waals surface area contributed by atoms with Crippen molar-refractivity contribution in [2.24, 2.45) is 0 Å². The first-order chi connectivity index (χ1) is 16.4. The van der Waals surface area contributed by atoms with E-state index in [0.29, 0.717) is 5.52 Å². The van der Waals surface area contributed by atoms with Gasteiger partial charge in [-0.2, -0.15) is 0 Å². The van der Waals surface area contributed by atoms with Gasteiger partial charge in [0, 0.05) is 44.3 Å². The number of aromatic hydroxyl groups is 1. The molecule has 0 saturated carbocycles. The van der Waals surface area contributed by atoms with Crippen LogP contribution in [-0.2, 0) is 26.5 Å². The van der Waals surface area contributed by atoms with E-state index in [1.165, 1.54) is 0 Å². The summed E-state index contributed by atoms with van der Waals surface area (Å²) in [6.45, 7) is 6.45. The summed E-state index contributed by atoms with van der Waals surface area (Å²) in [5, 5.41) is 11.2. The van der Waals surface area contributed by atoms with Crippen LogP contribution in [0.5, 0.6) is 5.75 Å². The minimum absolute atomic E-state index is 0. The molecule has 5 nitrogen and oxygen atoms in total. The number of pyridine rings is 3. The van der Waals surface area contributed by atoms with Crippen LogP contribution in [0.15, 0.2) is 79.1 Å². The molecule has 3 aromatic heterocycles. The SMILES string of the molecule is Cc1ccnc(N2c3[c-]c(-c4ccc5cccc(O)c5n4)ccc3C(C)(C)c3ncccc32)c1.[Pt]. The first-order valence-electron chi connectivity index (χ1n) is 11.3. The van der Waals surface area contributed by atoms with Gasteiger partial charge in [-0.3, -0.25) is 9.97 Å². The number of rotatable bonds is 2. The first-order valence-corrected chi connectivity index (χ1v) is 11.3. The third kappa shape index (κ3) is 3.71. The van der Waals surface area contributed by atoms with Crippen LogP contribution in [0.1, 0.15) is 30.7 Å². The average Bonchev–Trinajstić information content (AvgIpc) is 2.84. The summed E-state index contributed by atoms with van der Waals surface area (Å²) in [5.74, 6) is 0.993. The zero-order valence-corrected chi connectivity index (χ0v) is 21.8. The Morgan fingerprint density at radius 2 is 1.77 bits per heavy atom.